The van der Waals surface area contributed by atoms with Crippen LogP contribution in [0.4, 0.5) is 9.18 Å². The summed E-state index contributed by atoms with van der Waals surface area (Å²) in [5, 5.41) is 0. The van der Waals surface area contributed by atoms with E-state index in [1.165, 1.54) is 0 Å². The summed E-state index contributed by atoms with van der Waals surface area (Å²) >= 11 is 0. The first kappa shape index (κ1) is 20.7. The predicted octanol–water partition coefficient (Wildman–Crippen LogP) is 3.78. The van der Waals surface area contributed by atoms with Crippen molar-refractivity contribution in [3.63, 3.8) is 0 Å². The summed E-state index contributed by atoms with van der Waals surface area (Å²) in [6.07, 6.45) is 0.718. The molecule has 2 amide bonds. The molecule has 1 saturated heterocycles. The lowest BCUT2D eigenvalue weighted by Crippen LogP contribution is -2.44. The van der Waals surface area contributed by atoms with Crippen LogP contribution in [0.1, 0.15) is 28.7 Å². The molecule has 1 aliphatic heterocycles. The van der Waals surface area contributed by atoms with E-state index in [2.05, 4.69) is 0 Å². The highest BCUT2D eigenvalue weighted by molar-refractivity contribution is 5.95. The highest BCUT2D eigenvalue weighted by atomic mass is 19.1. The molecular formula is C23H24FNO4. The topological polar surface area (TPSA) is 63.7 Å². The normalized spacial score (nSPS) is 17.1. The Morgan fingerprint density at radius 3 is 2.48 bits per heavy atom. The number of amides is 2. The standard InChI is InChI=1S/C23H24FNO4/c1-15-10-18(11-16(2)21(15)24)12-19(8-9-26)22(27)25-20(14-29-23(25)28)13-17-6-4-3-5-7-17/h3-7,9-11,19-20H,8,12-14H2,1-2H3. The lowest BCUT2D eigenvalue weighted by atomic mass is 9.92. The second kappa shape index (κ2) is 8.99. The Hall–Kier alpha value is -3.02. The van der Waals surface area contributed by atoms with E-state index in [4.69, 9.17) is 4.74 Å². The van der Waals surface area contributed by atoms with E-state index >= 15 is 0 Å². The van der Waals surface area contributed by atoms with Gasteiger partial charge in [0.05, 0.1) is 6.04 Å². The van der Waals surface area contributed by atoms with Gasteiger partial charge in [0.25, 0.3) is 0 Å². The van der Waals surface area contributed by atoms with Crippen LogP contribution in [0.15, 0.2) is 42.5 Å². The number of ether oxygens (including phenoxy) is 1. The summed E-state index contributed by atoms with van der Waals surface area (Å²) < 4.78 is 19.0. The molecule has 2 aromatic rings. The summed E-state index contributed by atoms with van der Waals surface area (Å²) in [4.78, 5) is 37.8. The Morgan fingerprint density at radius 2 is 1.86 bits per heavy atom. The van der Waals surface area contributed by atoms with Crippen LogP contribution in [0, 0.1) is 25.6 Å². The summed E-state index contributed by atoms with van der Waals surface area (Å²) in [7, 11) is 0. The van der Waals surface area contributed by atoms with Crippen molar-refractivity contribution in [1.29, 1.82) is 0 Å². The fourth-order valence-corrected chi connectivity index (χ4v) is 3.79. The zero-order valence-corrected chi connectivity index (χ0v) is 16.6. The molecule has 1 aliphatic rings. The molecule has 0 radical (unpaired) electrons. The Morgan fingerprint density at radius 1 is 1.21 bits per heavy atom. The number of rotatable bonds is 7. The van der Waals surface area contributed by atoms with E-state index in [0.29, 0.717) is 23.8 Å². The molecule has 0 bridgehead atoms. The number of halogens is 1. The third kappa shape index (κ3) is 4.70. The van der Waals surface area contributed by atoms with Gasteiger partial charge in [0.15, 0.2) is 0 Å². The number of aryl methyl sites for hydroxylation is 2. The molecule has 5 nitrogen and oxygen atoms in total. The molecule has 0 aliphatic carbocycles. The van der Waals surface area contributed by atoms with E-state index in [9.17, 15) is 18.8 Å². The van der Waals surface area contributed by atoms with Crippen molar-refractivity contribution in [3.05, 3.63) is 70.5 Å². The predicted molar refractivity (Wildman–Crippen MR) is 106 cm³/mol. The zero-order valence-electron chi connectivity index (χ0n) is 16.6. The molecule has 2 unspecified atom stereocenters. The number of hydrogen-bond donors (Lipinski definition) is 0. The van der Waals surface area contributed by atoms with Crippen molar-refractivity contribution < 1.29 is 23.5 Å². The van der Waals surface area contributed by atoms with Gasteiger partial charge in [-0.1, -0.05) is 42.5 Å². The Balaban J connectivity index is 1.81. The molecule has 2 aromatic carbocycles. The Labute approximate surface area is 169 Å². The van der Waals surface area contributed by atoms with Crippen LogP contribution in [0.5, 0.6) is 0 Å². The summed E-state index contributed by atoms with van der Waals surface area (Å²) in [5.74, 6) is -1.42. The minimum atomic E-state index is -0.708. The first-order valence-corrected chi connectivity index (χ1v) is 9.63. The maximum absolute atomic E-state index is 13.9. The molecule has 2 atom stereocenters. The second-order valence-electron chi connectivity index (χ2n) is 7.48. The average Bonchev–Trinajstić information content (AvgIpc) is 3.06. The number of carbonyl (C=O) groups is 3. The molecule has 1 heterocycles. The number of imide groups is 1. The van der Waals surface area contributed by atoms with Crippen LogP contribution in [0.3, 0.4) is 0 Å². The van der Waals surface area contributed by atoms with E-state index in [-0.39, 0.29) is 25.3 Å². The number of hydrogen-bond acceptors (Lipinski definition) is 4. The first-order chi connectivity index (χ1) is 13.9. The number of benzene rings is 2. The lowest BCUT2D eigenvalue weighted by Gasteiger charge is -2.24. The van der Waals surface area contributed by atoms with Crippen LogP contribution >= 0.6 is 0 Å². The van der Waals surface area contributed by atoms with Crippen LogP contribution in [-0.4, -0.2) is 35.8 Å². The Kier molecular flexibility index (Phi) is 6.42. The van der Waals surface area contributed by atoms with Gasteiger partial charge in [-0.25, -0.2) is 14.1 Å². The van der Waals surface area contributed by atoms with Gasteiger partial charge >= 0.3 is 6.09 Å². The summed E-state index contributed by atoms with van der Waals surface area (Å²) in [6, 6.07) is 12.5. The summed E-state index contributed by atoms with van der Waals surface area (Å²) in [5.41, 5.74) is 2.72. The largest absolute Gasteiger partial charge is 0.447 e. The number of aldehydes is 1. The highest BCUT2D eigenvalue weighted by Crippen LogP contribution is 2.24. The van der Waals surface area contributed by atoms with E-state index < -0.39 is 24.0 Å². The van der Waals surface area contributed by atoms with E-state index in [1.54, 1.807) is 26.0 Å². The molecule has 0 saturated carbocycles. The molecule has 0 aromatic heterocycles. The molecule has 0 spiro atoms. The first-order valence-electron chi connectivity index (χ1n) is 9.63. The van der Waals surface area contributed by atoms with E-state index in [1.807, 2.05) is 30.3 Å². The van der Waals surface area contributed by atoms with Gasteiger partial charge in [0.2, 0.25) is 5.91 Å². The molecule has 6 heteroatoms. The molecule has 1 fully saturated rings. The molecular weight excluding hydrogens is 373 g/mol. The van der Waals surface area contributed by atoms with E-state index in [0.717, 1.165) is 16.0 Å². The van der Waals surface area contributed by atoms with Gasteiger partial charge in [-0.3, -0.25) is 4.79 Å². The van der Waals surface area contributed by atoms with Crippen molar-refractivity contribution >= 4 is 18.3 Å². The van der Waals surface area contributed by atoms with Crippen LogP contribution in [-0.2, 0) is 27.2 Å². The Bertz CT molecular complexity index is 889. The van der Waals surface area contributed by atoms with Gasteiger partial charge in [-0.15, -0.1) is 0 Å². The van der Waals surface area contributed by atoms with Crippen LogP contribution < -0.4 is 0 Å². The van der Waals surface area contributed by atoms with Gasteiger partial charge in [0.1, 0.15) is 18.7 Å². The van der Waals surface area contributed by atoms with Crippen molar-refractivity contribution in [2.24, 2.45) is 5.92 Å². The maximum Gasteiger partial charge on any atom is 0.416 e. The number of carbonyl (C=O) groups excluding carboxylic acids is 3. The average molecular weight is 397 g/mol. The quantitative estimate of drug-likeness (QED) is 0.667. The second-order valence-corrected chi connectivity index (χ2v) is 7.48. The maximum atomic E-state index is 13.9. The van der Waals surface area contributed by atoms with Gasteiger partial charge in [-0.05, 0) is 48.9 Å². The van der Waals surface area contributed by atoms with Crippen molar-refractivity contribution in [1.82, 2.24) is 4.90 Å². The minimum Gasteiger partial charge on any atom is -0.447 e. The number of nitrogens with zero attached hydrogens (tertiary/aromatic N) is 1. The SMILES string of the molecule is Cc1cc(CC(CC=O)C(=O)N2C(=O)OCC2Cc2ccccc2)cc(C)c1F. The number of cyclic esters (lactones) is 1. The van der Waals surface area contributed by atoms with Crippen LogP contribution in [0.25, 0.3) is 0 Å². The van der Waals surface area contributed by atoms with Crippen molar-refractivity contribution in [2.45, 2.75) is 39.2 Å². The minimum absolute atomic E-state index is 0.0177. The molecule has 152 valence electrons. The molecule has 29 heavy (non-hydrogen) atoms. The fraction of sp³-hybridized carbons (Fsp3) is 0.348. The zero-order chi connectivity index (χ0) is 21.0. The monoisotopic (exact) mass is 397 g/mol. The van der Waals surface area contributed by atoms with Crippen LogP contribution in [0.2, 0.25) is 0 Å². The summed E-state index contributed by atoms with van der Waals surface area (Å²) in [6.45, 7) is 3.45. The van der Waals surface area contributed by atoms with Gasteiger partial charge < -0.3 is 9.53 Å². The van der Waals surface area contributed by atoms with Gasteiger partial charge in [0, 0.05) is 12.3 Å². The molecule has 3 rings (SSSR count). The fourth-order valence-electron chi connectivity index (χ4n) is 3.79. The van der Waals surface area contributed by atoms with Crippen molar-refractivity contribution in [2.75, 3.05) is 6.61 Å². The third-order valence-electron chi connectivity index (χ3n) is 5.22. The smallest absolute Gasteiger partial charge is 0.416 e. The third-order valence-corrected chi connectivity index (χ3v) is 5.22. The van der Waals surface area contributed by atoms with Gasteiger partial charge in [-0.2, -0.15) is 0 Å². The van der Waals surface area contributed by atoms with Crippen molar-refractivity contribution in [3.8, 4) is 0 Å². The lowest BCUT2D eigenvalue weighted by molar-refractivity contribution is -0.134. The highest BCUT2D eigenvalue weighted by Gasteiger charge is 2.40. The molecule has 0 N–H and O–H groups in total.